The van der Waals surface area contributed by atoms with Gasteiger partial charge < -0.3 is 20.3 Å². The van der Waals surface area contributed by atoms with Crippen LogP contribution in [0.5, 0.6) is 0 Å². The lowest BCUT2D eigenvalue weighted by atomic mass is 10.0. The highest BCUT2D eigenvalue weighted by molar-refractivity contribution is 7.09. The summed E-state index contributed by atoms with van der Waals surface area (Å²) in [7, 11) is 1.84. The number of hydrogen-bond acceptors (Lipinski definition) is 5. The first kappa shape index (κ1) is 18.6. The quantitative estimate of drug-likeness (QED) is 0.595. The summed E-state index contributed by atoms with van der Waals surface area (Å²) in [6.45, 7) is 8.30. The molecule has 7 heteroatoms. The Kier molecular flexibility index (Phi) is 7.07. The van der Waals surface area contributed by atoms with Crippen molar-refractivity contribution in [1.82, 2.24) is 20.5 Å². The SMILES string of the molecule is CCc1nc(CNC(=NC)NC2CCN(CC3CCOC3)CC2)cs1. The third-order valence-electron chi connectivity index (χ3n) is 5.03. The van der Waals surface area contributed by atoms with Crippen molar-refractivity contribution >= 4 is 17.3 Å². The van der Waals surface area contributed by atoms with E-state index in [0.717, 1.165) is 56.8 Å². The van der Waals surface area contributed by atoms with Crippen molar-refractivity contribution in [2.24, 2.45) is 10.9 Å². The average Bonchev–Trinajstić information content (AvgIpc) is 3.31. The van der Waals surface area contributed by atoms with Gasteiger partial charge in [-0.05, 0) is 31.6 Å². The van der Waals surface area contributed by atoms with Crippen LogP contribution in [0, 0.1) is 5.92 Å². The lowest BCUT2D eigenvalue weighted by Crippen LogP contribution is -2.49. The molecule has 0 saturated carbocycles. The maximum absolute atomic E-state index is 5.49. The predicted molar refractivity (Wildman–Crippen MR) is 103 cm³/mol. The first-order chi connectivity index (χ1) is 12.3. The molecule has 2 fully saturated rings. The molecule has 25 heavy (non-hydrogen) atoms. The second kappa shape index (κ2) is 9.50. The van der Waals surface area contributed by atoms with Crippen molar-refractivity contribution in [2.75, 3.05) is 39.9 Å². The summed E-state index contributed by atoms with van der Waals surface area (Å²) in [5.41, 5.74) is 1.10. The Morgan fingerprint density at radius 3 is 2.88 bits per heavy atom. The van der Waals surface area contributed by atoms with Gasteiger partial charge in [0.1, 0.15) is 0 Å². The monoisotopic (exact) mass is 365 g/mol. The minimum Gasteiger partial charge on any atom is -0.381 e. The van der Waals surface area contributed by atoms with Gasteiger partial charge in [-0.1, -0.05) is 6.92 Å². The zero-order valence-electron chi connectivity index (χ0n) is 15.5. The molecular formula is C18H31N5OS. The number of piperidine rings is 1. The molecule has 2 N–H and O–H groups in total. The van der Waals surface area contributed by atoms with E-state index in [0.29, 0.717) is 6.04 Å². The molecule has 1 unspecified atom stereocenters. The van der Waals surface area contributed by atoms with Crippen molar-refractivity contribution in [3.05, 3.63) is 16.1 Å². The number of aryl methyl sites for hydroxylation is 1. The normalized spacial score (nSPS) is 23.1. The van der Waals surface area contributed by atoms with Crippen LogP contribution in [0.1, 0.15) is 36.9 Å². The maximum Gasteiger partial charge on any atom is 0.191 e. The zero-order valence-corrected chi connectivity index (χ0v) is 16.3. The second-order valence-corrected chi connectivity index (χ2v) is 7.90. The van der Waals surface area contributed by atoms with Crippen LogP contribution in [0.25, 0.3) is 0 Å². The first-order valence-corrected chi connectivity index (χ1v) is 10.3. The van der Waals surface area contributed by atoms with E-state index in [-0.39, 0.29) is 0 Å². The number of likely N-dealkylation sites (tertiary alicyclic amines) is 1. The van der Waals surface area contributed by atoms with E-state index in [2.05, 4.69) is 37.8 Å². The van der Waals surface area contributed by atoms with Gasteiger partial charge in [0, 0.05) is 44.7 Å². The van der Waals surface area contributed by atoms with Crippen LogP contribution in [0.2, 0.25) is 0 Å². The summed E-state index contributed by atoms with van der Waals surface area (Å²) in [5, 5.41) is 10.3. The highest BCUT2D eigenvalue weighted by atomic mass is 32.1. The third kappa shape index (κ3) is 5.66. The number of hydrogen-bond donors (Lipinski definition) is 2. The molecule has 6 nitrogen and oxygen atoms in total. The summed E-state index contributed by atoms with van der Waals surface area (Å²) in [6, 6.07) is 0.504. The van der Waals surface area contributed by atoms with E-state index in [1.165, 1.54) is 30.8 Å². The van der Waals surface area contributed by atoms with Crippen LogP contribution < -0.4 is 10.6 Å². The number of aliphatic imine (C=N–C) groups is 1. The standard InChI is InChI=1S/C18H31N5OS/c1-3-17-21-16(13-25-17)10-20-18(19-2)22-15-4-7-23(8-5-15)11-14-6-9-24-12-14/h13-15H,3-12H2,1-2H3,(H2,19,20,22). The van der Waals surface area contributed by atoms with E-state index in [1.807, 2.05) is 7.05 Å². The predicted octanol–water partition coefficient (Wildman–Crippen LogP) is 1.87. The number of aromatic nitrogens is 1. The highest BCUT2D eigenvalue weighted by Gasteiger charge is 2.24. The van der Waals surface area contributed by atoms with Gasteiger partial charge in [-0.2, -0.15) is 0 Å². The smallest absolute Gasteiger partial charge is 0.191 e. The molecule has 0 aliphatic carbocycles. The van der Waals surface area contributed by atoms with Crippen molar-refractivity contribution in [1.29, 1.82) is 0 Å². The van der Waals surface area contributed by atoms with E-state index < -0.39 is 0 Å². The average molecular weight is 366 g/mol. The van der Waals surface area contributed by atoms with Crippen molar-refractivity contribution in [2.45, 2.75) is 45.2 Å². The summed E-state index contributed by atoms with van der Waals surface area (Å²) < 4.78 is 5.49. The molecule has 0 bridgehead atoms. The van der Waals surface area contributed by atoms with Crippen LogP contribution >= 0.6 is 11.3 Å². The number of thiazole rings is 1. The van der Waals surface area contributed by atoms with Gasteiger partial charge in [0.25, 0.3) is 0 Å². The molecule has 2 aliphatic heterocycles. The molecule has 3 rings (SSSR count). The fraction of sp³-hybridized carbons (Fsp3) is 0.778. The lowest BCUT2D eigenvalue weighted by Gasteiger charge is -2.34. The topological polar surface area (TPSA) is 61.8 Å². The van der Waals surface area contributed by atoms with Gasteiger partial charge in [-0.25, -0.2) is 4.98 Å². The van der Waals surface area contributed by atoms with Crippen molar-refractivity contribution < 1.29 is 4.74 Å². The molecule has 1 aromatic heterocycles. The van der Waals surface area contributed by atoms with Crippen LogP contribution in [-0.2, 0) is 17.7 Å². The molecule has 0 amide bonds. The lowest BCUT2D eigenvalue weighted by molar-refractivity contribution is 0.150. The van der Waals surface area contributed by atoms with Crippen LogP contribution in [-0.4, -0.2) is 61.8 Å². The van der Waals surface area contributed by atoms with Gasteiger partial charge in [-0.3, -0.25) is 4.99 Å². The largest absolute Gasteiger partial charge is 0.381 e. The van der Waals surface area contributed by atoms with Crippen molar-refractivity contribution in [3.63, 3.8) is 0 Å². The summed E-state index contributed by atoms with van der Waals surface area (Å²) >= 11 is 1.73. The van der Waals surface area contributed by atoms with E-state index >= 15 is 0 Å². The molecule has 140 valence electrons. The molecule has 3 heterocycles. The van der Waals surface area contributed by atoms with Gasteiger partial charge >= 0.3 is 0 Å². The molecular weight excluding hydrogens is 334 g/mol. The molecule has 0 aromatic carbocycles. The molecule has 0 radical (unpaired) electrons. The van der Waals surface area contributed by atoms with Crippen LogP contribution in [0.3, 0.4) is 0 Å². The summed E-state index contributed by atoms with van der Waals surface area (Å²) in [4.78, 5) is 11.6. The van der Waals surface area contributed by atoms with E-state index in [4.69, 9.17) is 4.74 Å². The Morgan fingerprint density at radius 2 is 2.24 bits per heavy atom. The van der Waals surface area contributed by atoms with Crippen molar-refractivity contribution in [3.8, 4) is 0 Å². The Hall–Kier alpha value is -1.18. The fourth-order valence-electron chi connectivity index (χ4n) is 3.51. The Morgan fingerprint density at radius 1 is 1.40 bits per heavy atom. The highest BCUT2D eigenvalue weighted by Crippen LogP contribution is 2.17. The Labute approximate surface area is 155 Å². The van der Waals surface area contributed by atoms with Gasteiger partial charge in [-0.15, -0.1) is 11.3 Å². The second-order valence-electron chi connectivity index (χ2n) is 6.96. The summed E-state index contributed by atoms with van der Waals surface area (Å²) in [5.74, 6) is 1.62. The molecule has 1 atom stereocenters. The Bertz CT molecular complexity index is 547. The maximum atomic E-state index is 5.49. The van der Waals surface area contributed by atoms with Gasteiger partial charge in [0.05, 0.1) is 23.9 Å². The van der Waals surface area contributed by atoms with E-state index in [1.54, 1.807) is 11.3 Å². The van der Waals surface area contributed by atoms with Gasteiger partial charge in [0.2, 0.25) is 0 Å². The summed E-state index contributed by atoms with van der Waals surface area (Å²) in [6.07, 6.45) is 4.57. The first-order valence-electron chi connectivity index (χ1n) is 9.47. The number of nitrogens with zero attached hydrogens (tertiary/aromatic N) is 3. The third-order valence-corrected chi connectivity index (χ3v) is 6.07. The fourth-order valence-corrected chi connectivity index (χ4v) is 4.25. The van der Waals surface area contributed by atoms with Crippen LogP contribution in [0.15, 0.2) is 10.4 Å². The Balaban J connectivity index is 1.37. The molecule has 2 aliphatic rings. The number of guanidine groups is 1. The number of rotatable bonds is 6. The van der Waals surface area contributed by atoms with Gasteiger partial charge in [0.15, 0.2) is 5.96 Å². The zero-order chi connectivity index (χ0) is 17.5. The number of ether oxygens (including phenoxy) is 1. The molecule has 2 saturated heterocycles. The minimum absolute atomic E-state index is 0.504. The van der Waals surface area contributed by atoms with E-state index in [9.17, 15) is 0 Å². The number of nitrogens with one attached hydrogen (secondary N) is 2. The minimum atomic E-state index is 0.504. The van der Waals surface area contributed by atoms with Crippen LogP contribution in [0.4, 0.5) is 0 Å². The molecule has 1 aromatic rings. The molecule has 0 spiro atoms.